The standard InChI is InChI=1S/C21H23N3O/c25-20(17-10-13-22-14-11-17)21-23-18-8-4-5-9-19(18)24(21)15-12-16-6-2-1-3-7-16/h1-9,17,22H,10-15H2. The number of nitrogens with one attached hydrogen (secondary N) is 1. The summed E-state index contributed by atoms with van der Waals surface area (Å²) in [6.45, 7) is 2.61. The minimum Gasteiger partial charge on any atom is -0.321 e. The van der Waals surface area contributed by atoms with E-state index in [1.807, 2.05) is 24.3 Å². The normalized spacial score (nSPS) is 15.5. The number of carbonyl (C=O) groups is 1. The van der Waals surface area contributed by atoms with Crippen molar-refractivity contribution in [2.24, 2.45) is 5.92 Å². The minimum absolute atomic E-state index is 0.0912. The first-order valence-electron chi connectivity index (χ1n) is 9.07. The Morgan fingerprint density at radius 3 is 2.56 bits per heavy atom. The third-order valence-corrected chi connectivity index (χ3v) is 5.05. The number of ketones is 1. The highest BCUT2D eigenvalue weighted by molar-refractivity contribution is 5.98. The first kappa shape index (κ1) is 16.0. The van der Waals surface area contributed by atoms with E-state index >= 15 is 0 Å². The lowest BCUT2D eigenvalue weighted by Crippen LogP contribution is -2.33. The molecule has 4 heteroatoms. The van der Waals surface area contributed by atoms with Gasteiger partial charge in [0.15, 0.2) is 5.82 Å². The predicted octanol–water partition coefficient (Wildman–Crippen LogP) is 3.46. The monoisotopic (exact) mass is 333 g/mol. The summed E-state index contributed by atoms with van der Waals surface area (Å²) in [5.41, 5.74) is 3.24. The zero-order chi connectivity index (χ0) is 17.1. The van der Waals surface area contributed by atoms with E-state index in [9.17, 15) is 4.79 Å². The Balaban J connectivity index is 1.66. The smallest absolute Gasteiger partial charge is 0.201 e. The molecule has 3 aromatic rings. The summed E-state index contributed by atoms with van der Waals surface area (Å²) >= 11 is 0. The molecule has 0 aliphatic carbocycles. The number of aryl methyl sites for hydroxylation is 2. The fraction of sp³-hybridized carbons (Fsp3) is 0.333. The number of hydrogen-bond donors (Lipinski definition) is 1. The van der Waals surface area contributed by atoms with Crippen LogP contribution in [0.5, 0.6) is 0 Å². The van der Waals surface area contributed by atoms with Gasteiger partial charge in [0.25, 0.3) is 0 Å². The molecule has 0 bridgehead atoms. The summed E-state index contributed by atoms with van der Waals surface area (Å²) in [4.78, 5) is 17.8. The summed E-state index contributed by atoms with van der Waals surface area (Å²) in [6, 6.07) is 18.5. The SMILES string of the molecule is O=C(c1nc2ccccc2n1CCc1ccccc1)C1CCNCC1. The Bertz CT molecular complexity index is 863. The second-order valence-corrected chi connectivity index (χ2v) is 6.70. The van der Waals surface area contributed by atoms with Crippen LogP contribution in [-0.2, 0) is 13.0 Å². The molecule has 4 rings (SSSR count). The second-order valence-electron chi connectivity index (χ2n) is 6.70. The van der Waals surface area contributed by atoms with Crippen molar-refractivity contribution in [2.75, 3.05) is 13.1 Å². The molecular formula is C21H23N3O. The molecule has 128 valence electrons. The summed E-state index contributed by atoms with van der Waals surface area (Å²) in [6.07, 6.45) is 2.70. The van der Waals surface area contributed by atoms with Gasteiger partial charge in [0.05, 0.1) is 11.0 Å². The van der Waals surface area contributed by atoms with Gasteiger partial charge in [-0.1, -0.05) is 42.5 Å². The quantitative estimate of drug-likeness (QED) is 0.727. The number of nitrogens with zero attached hydrogens (tertiary/aromatic N) is 2. The highest BCUT2D eigenvalue weighted by atomic mass is 16.1. The van der Waals surface area contributed by atoms with E-state index in [1.165, 1.54) is 5.56 Å². The molecule has 25 heavy (non-hydrogen) atoms. The molecular weight excluding hydrogens is 310 g/mol. The number of Topliss-reactive ketones (excluding diaryl/α,β-unsaturated/α-hetero) is 1. The molecule has 0 spiro atoms. The molecule has 2 heterocycles. The van der Waals surface area contributed by atoms with E-state index in [4.69, 9.17) is 4.98 Å². The van der Waals surface area contributed by atoms with Gasteiger partial charge in [-0.2, -0.15) is 0 Å². The molecule has 1 aliphatic rings. The van der Waals surface area contributed by atoms with Crippen molar-refractivity contribution in [3.63, 3.8) is 0 Å². The van der Waals surface area contributed by atoms with Crippen molar-refractivity contribution in [3.8, 4) is 0 Å². The largest absolute Gasteiger partial charge is 0.321 e. The molecule has 1 fully saturated rings. The van der Waals surface area contributed by atoms with Crippen LogP contribution in [0.25, 0.3) is 11.0 Å². The van der Waals surface area contributed by atoms with Gasteiger partial charge in [0.2, 0.25) is 5.78 Å². The van der Waals surface area contributed by atoms with Gasteiger partial charge in [0, 0.05) is 12.5 Å². The third kappa shape index (κ3) is 3.35. The van der Waals surface area contributed by atoms with Gasteiger partial charge >= 0.3 is 0 Å². The molecule has 1 N–H and O–H groups in total. The van der Waals surface area contributed by atoms with Gasteiger partial charge in [-0.05, 0) is 50.0 Å². The van der Waals surface area contributed by atoms with Crippen LogP contribution in [0, 0.1) is 5.92 Å². The molecule has 0 unspecified atom stereocenters. The molecule has 2 aromatic carbocycles. The first-order valence-corrected chi connectivity index (χ1v) is 9.07. The van der Waals surface area contributed by atoms with E-state index < -0.39 is 0 Å². The van der Waals surface area contributed by atoms with E-state index in [-0.39, 0.29) is 11.7 Å². The van der Waals surface area contributed by atoms with Gasteiger partial charge in [-0.3, -0.25) is 4.79 Å². The van der Waals surface area contributed by atoms with Crippen LogP contribution < -0.4 is 5.32 Å². The van der Waals surface area contributed by atoms with Crippen LogP contribution in [0.4, 0.5) is 0 Å². The number of imidazole rings is 1. The van der Waals surface area contributed by atoms with Gasteiger partial charge < -0.3 is 9.88 Å². The number of aromatic nitrogens is 2. The fourth-order valence-corrected chi connectivity index (χ4v) is 3.64. The first-order chi connectivity index (χ1) is 12.3. The Labute approximate surface area is 147 Å². The van der Waals surface area contributed by atoms with Crippen molar-refractivity contribution in [3.05, 3.63) is 66.0 Å². The molecule has 1 saturated heterocycles. The van der Waals surface area contributed by atoms with E-state index in [0.29, 0.717) is 5.82 Å². The number of hydrogen-bond acceptors (Lipinski definition) is 3. The van der Waals surface area contributed by atoms with Crippen LogP contribution in [0.15, 0.2) is 54.6 Å². The van der Waals surface area contributed by atoms with Crippen LogP contribution in [0.1, 0.15) is 29.0 Å². The van der Waals surface area contributed by atoms with Crippen molar-refractivity contribution in [1.82, 2.24) is 14.9 Å². The topological polar surface area (TPSA) is 46.9 Å². The zero-order valence-corrected chi connectivity index (χ0v) is 14.3. The lowest BCUT2D eigenvalue weighted by atomic mass is 9.93. The second kappa shape index (κ2) is 7.19. The molecule has 0 amide bonds. The van der Waals surface area contributed by atoms with Gasteiger partial charge in [-0.25, -0.2) is 4.98 Å². The van der Waals surface area contributed by atoms with Crippen molar-refractivity contribution >= 4 is 16.8 Å². The number of para-hydroxylation sites is 2. The summed E-state index contributed by atoms with van der Waals surface area (Å²) < 4.78 is 2.12. The van der Waals surface area contributed by atoms with Crippen molar-refractivity contribution < 1.29 is 4.79 Å². The molecule has 1 aliphatic heterocycles. The Morgan fingerprint density at radius 1 is 1.04 bits per heavy atom. The maximum atomic E-state index is 13.1. The Morgan fingerprint density at radius 2 is 1.76 bits per heavy atom. The van der Waals surface area contributed by atoms with E-state index in [1.54, 1.807) is 0 Å². The van der Waals surface area contributed by atoms with E-state index in [0.717, 1.165) is 49.9 Å². The number of carbonyl (C=O) groups excluding carboxylic acids is 1. The highest BCUT2D eigenvalue weighted by Gasteiger charge is 2.26. The third-order valence-electron chi connectivity index (χ3n) is 5.05. The lowest BCUT2D eigenvalue weighted by molar-refractivity contribution is 0.0880. The summed E-state index contributed by atoms with van der Waals surface area (Å²) in [5.74, 6) is 0.920. The highest BCUT2D eigenvalue weighted by Crippen LogP contribution is 2.23. The number of fused-ring (bicyclic) bond motifs is 1. The molecule has 0 saturated carbocycles. The molecule has 1 aromatic heterocycles. The number of rotatable bonds is 5. The minimum atomic E-state index is 0.0912. The van der Waals surface area contributed by atoms with Gasteiger partial charge in [0.1, 0.15) is 0 Å². The van der Waals surface area contributed by atoms with Crippen LogP contribution in [0.3, 0.4) is 0 Å². The molecule has 0 radical (unpaired) electrons. The van der Waals surface area contributed by atoms with Crippen LogP contribution in [0.2, 0.25) is 0 Å². The van der Waals surface area contributed by atoms with Crippen molar-refractivity contribution in [2.45, 2.75) is 25.8 Å². The zero-order valence-electron chi connectivity index (χ0n) is 14.3. The maximum absolute atomic E-state index is 13.1. The molecule has 4 nitrogen and oxygen atoms in total. The average molecular weight is 333 g/mol. The Kier molecular flexibility index (Phi) is 4.61. The van der Waals surface area contributed by atoms with E-state index in [2.05, 4.69) is 40.2 Å². The Hall–Kier alpha value is -2.46. The average Bonchev–Trinajstić information content (AvgIpc) is 3.06. The number of benzene rings is 2. The van der Waals surface area contributed by atoms with Crippen LogP contribution in [-0.4, -0.2) is 28.4 Å². The molecule has 0 atom stereocenters. The van der Waals surface area contributed by atoms with Crippen LogP contribution >= 0.6 is 0 Å². The lowest BCUT2D eigenvalue weighted by Gasteiger charge is -2.21. The van der Waals surface area contributed by atoms with Gasteiger partial charge in [-0.15, -0.1) is 0 Å². The van der Waals surface area contributed by atoms with Crippen molar-refractivity contribution in [1.29, 1.82) is 0 Å². The predicted molar refractivity (Wildman–Crippen MR) is 99.8 cm³/mol. The summed E-state index contributed by atoms with van der Waals surface area (Å²) in [5, 5.41) is 3.33. The number of piperidine rings is 1. The maximum Gasteiger partial charge on any atom is 0.201 e. The fourth-order valence-electron chi connectivity index (χ4n) is 3.64. The summed E-state index contributed by atoms with van der Waals surface area (Å²) in [7, 11) is 0.